The third kappa shape index (κ3) is 3.35. The summed E-state index contributed by atoms with van der Waals surface area (Å²) in [4.78, 5) is 24.5. The molecule has 3 rings (SSSR count). The third-order valence-corrected chi connectivity index (χ3v) is 5.80. The summed E-state index contributed by atoms with van der Waals surface area (Å²) in [6.07, 6.45) is 3.97. The molecule has 1 saturated heterocycles. The maximum absolute atomic E-state index is 12.4. The molecule has 4 heteroatoms. The van der Waals surface area contributed by atoms with Gasteiger partial charge in [0, 0.05) is 17.5 Å². The molecule has 4 nitrogen and oxygen atoms in total. The first kappa shape index (κ1) is 17.7. The van der Waals surface area contributed by atoms with E-state index in [-0.39, 0.29) is 23.7 Å². The molecular weight excluding hydrogens is 314 g/mol. The van der Waals surface area contributed by atoms with Crippen LogP contribution in [0.5, 0.6) is 0 Å². The summed E-state index contributed by atoms with van der Waals surface area (Å²) in [6.45, 7) is 8.66. The van der Waals surface area contributed by atoms with Crippen molar-refractivity contribution in [3.8, 4) is 0 Å². The fourth-order valence-corrected chi connectivity index (χ4v) is 4.24. The Labute approximate surface area is 149 Å². The highest BCUT2D eigenvalue weighted by molar-refractivity contribution is 5.92. The Morgan fingerprint density at radius 2 is 2.00 bits per heavy atom. The van der Waals surface area contributed by atoms with Crippen molar-refractivity contribution in [3.05, 3.63) is 42.0 Å². The Bertz CT molecular complexity index is 675. The van der Waals surface area contributed by atoms with Crippen LogP contribution in [0, 0.1) is 17.3 Å². The van der Waals surface area contributed by atoms with E-state index < -0.39 is 5.41 Å². The van der Waals surface area contributed by atoms with Crippen LogP contribution in [0.2, 0.25) is 0 Å². The molecule has 1 aliphatic heterocycles. The topological polar surface area (TPSA) is 55.4 Å². The van der Waals surface area contributed by atoms with Gasteiger partial charge in [-0.25, -0.2) is 0 Å². The minimum atomic E-state index is -0.433. The van der Waals surface area contributed by atoms with Gasteiger partial charge in [0.05, 0.1) is 12.0 Å². The summed E-state index contributed by atoms with van der Waals surface area (Å²) in [5.41, 5.74) is 2.62. The van der Waals surface area contributed by atoms with Gasteiger partial charge in [-0.3, -0.25) is 9.59 Å². The first-order chi connectivity index (χ1) is 12.0. The van der Waals surface area contributed by atoms with Gasteiger partial charge in [0.15, 0.2) is 0 Å². The van der Waals surface area contributed by atoms with E-state index in [2.05, 4.69) is 11.9 Å². The van der Waals surface area contributed by atoms with Gasteiger partial charge in [-0.15, -0.1) is 0 Å². The molecule has 1 aromatic carbocycles. The molecule has 2 aliphatic rings. The average molecular weight is 341 g/mol. The minimum Gasteiger partial charge on any atom is -0.465 e. The number of anilines is 1. The molecule has 1 N–H and O–H groups in total. The van der Waals surface area contributed by atoms with Crippen molar-refractivity contribution < 1.29 is 14.3 Å². The number of nitrogens with one attached hydrogen (secondary N) is 1. The summed E-state index contributed by atoms with van der Waals surface area (Å²) < 4.78 is 5.33. The maximum atomic E-state index is 12.4. The molecule has 2 atom stereocenters. The lowest BCUT2D eigenvalue weighted by molar-refractivity contribution is -0.146. The second-order valence-electron chi connectivity index (χ2n) is 7.46. The molecule has 1 saturated carbocycles. The van der Waals surface area contributed by atoms with E-state index in [9.17, 15) is 9.59 Å². The van der Waals surface area contributed by atoms with Gasteiger partial charge in [-0.1, -0.05) is 38.1 Å². The van der Waals surface area contributed by atoms with E-state index in [1.165, 1.54) is 0 Å². The predicted octanol–water partition coefficient (Wildman–Crippen LogP) is 4.11. The van der Waals surface area contributed by atoms with Gasteiger partial charge in [0.2, 0.25) is 5.91 Å². The second kappa shape index (κ2) is 7.03. The summed E-state index contributed by atoms with van der Waals surface area (Å²) in [7, 11) is 0. The SMILES string of the molecule is C=C1CC2COC(=O)C2(Cc2ccc(NC(=O)C(CC)CC)cc2)C1. The van der Waals surface area contributed by atoms with Crippen molar-refractivity contribution in [2.75, 3.05) is 11.9 Å². The molecular formula is C21H27NO3. The van der Waals surface area contributed by atoms with Crippen molar-refractivity contribution >= 4 is 17.6 Å². The van der Waals surface area contributed by atoms with Gasteiger partial charge < -0.3 is 10.1 Å². The zero-order valence-electron chi connectivity index (χ0n) is 15.1. The van der Waals surface area contributed by atoms with Crippen LogP contribution >= 0.6 is 0 Å². The smallest absolute Gasteiger partial charge is 0.313 e. The highest BCUT2D eigenvalue weighted by Crippen LogP contribution is 2.52. The molecule has 1 heterocycles. The molecule has 25 heavy (non-hydrogen) atoms. The fraction of sp³-hybridized carbons (Fsp3) is 0.524. The lowest BCUT2D eigenvalue weighted by Crippen LogP contribution is -2.31. The van der Waals surface area contributed by atoms with Crippen LogP contribution in [0.4, 0.5) is 5.69 Å². The van der Waals surface area contributed by atoms with Gasteiger partial charge in [0.1, 0.15) is 0 Å². The number of allylic oxidation sites excluding steroid dienone is 1. The summed E-state index contributed by atoms with van der Waals surface area (Å²) in [6, 6.07) is 7.85. The van der Waals surface area contributed by atoms with Crippen molar-refractivity contribution in [2.45, 2.75) is 46.0 Å². The molecule has 0 spiro atoms. The Hall–Kier alpha value is -2.10. The lowest BCUT2D eigenvalue weighted by Gasteiger charge is -2.24. The largest absolute Gasteiger partial charge is 0.465 e. The van der Waals surface area contributed by atoms with Crippen LogP contribution in [0.3, 0.4) is 0 Å². The molecule has 2 unspecified atom stereocenters. The molecule has 1 amide bonds. The van der Waals surface area contributed by atoms with Crippen LogP contribution in [-0.4, -0.2) is 18.5 Å². The van der Waals surface area contributed by atoms with Gasteiger partial charge in [-0.05, 0) is 49.8 Å². The minimum absolute atomic E-state index is 0.0529. The van der Waals surface area contributed by atoms with Crippen molar-refractivity contribution in [1.29, 1.82) is 0 Å². The first-order valence-corrected chi connectivity index (χ1v) is 9.22. The highest BCUT2D eigenvalue weighted by atomic mass is 16.5. The Balaban J connectivity index is 1.70. The number of ether oxygens (including phenoxy) is 1. The lowest BCUT2D eigenvalue weighted by atomic mass is 9.75. The number of esters is 1. The molecule has 2 fully saturated rings. The van der Waals surface area contributed by atoms with Gasteiger partial charge in [0.25, 0.3) is 0 Å². The highest BCUT2D eigenvalue weighted by Gasteiger charge is 2.55. The molecule has 1 aromatic rings. The maximum Gasteiger partial charge on any atom is 0.313 e. The van der Waals surface area contributed by atoms with E-state index in [0.29, 0.717) is 13.0 Å². The van der Waals surface area contributed by atoms with E-state index in [4.69, 9.17) is 4.74 Å². The van der Waals surface area contributed by atoms with E-state index >= 15 is 0 Å². The van der Waals surface area contributed by atoms with E-state index in [1.807, 2.05) is 38.1 Å². The normalized spacial score (nSPS) is 25.2. The Kier molecular flexibility index (Phi) is 4.98. The summed E-state index contributed by atoms with van der Waals surface area (Å²) in [5, 5.41) is 2.98. The molecule has 134 valence electrons. The van der Waals surface area contributed by atoms with Crippen LogP contribution in [-0.2, 0) is 20.7 Å². The number of carbonyl (C=O) groups excluding carboxylic acids is 2. The van der Waals surface area contributed by atoms with E-state index in [1.54, 1.807) is 0 Å². The summed E-state index contributed by atoms with van der Waals surface area (Å²) >= 11 is 0. The van der Waals surface area contributed by atoms with Crippen molar-refractivity contribution in [3.63, 3.8) is 0 Å². The van der Waals surface area contributed by atoms with Crippen molar-refractivity contribution in [2.24, 2.45) is 17.3 Å². The number of rotatable bonds is 6. The second-order valence-corrected chi connectivity index (χ2v) is 7.46. The average Bonchev–Trinajstić information content (AvgIpc) is 3.05. The van der Waals surface area contributed by atoms with E-state index in [0.717, 1.165) is 42.5 Å². The predicted molar refractivity (Wildman–Crippen MR) is 98.1 cm³/mol. The Morgan fingerprint density at radius 1 is 1.32 bits per heavy atom. The van der Waals surface area contributed by atoms with Crippen molar-refractivity contribution in [1.82, 2.24) is 0 Å². The fourth-order valence-electron chi connectivity index (χ4n) is 4.24. The molecule has 0 aromatic heterocycles. The standard InChI is InChI=1S/C21H27NO3/c1-4-16(5-2)19(23)22-18-8-6-15(7-9-18)12-21-11-14(3)10-17(21)13-25-20(21)24/h6-9,16-17H,3-5,10-13H2,1-2H3,(H,22,23). The molecule has 0 radical (unpaired) electrons. The van der Waals surface area contributed by atoms with Gasteiger partial charge >= 0.3 is 5.97 Å². The molecule has 1 aliphatic carbocycles. The van der Waals surface area contributed by atoms with Crippen LogP contribution in [0.25, 0.3) is 0 Å². The number of fused-ring (bicyclic) bond motifs is 1. The number of cyclic esters (lactones) is 1. The number of benzene rings is 1. The van der Waals surface area contributed by atoms with Gasteiger partial charge in [-0.2, -0.15) is 0 Å². The molecule has 0 bridgehead atoms. The zero-order chi connectivity index (χ0) is 18.0. The van der Waals surface area contributed by atoms with Crippen LogP contribution in [0.1, 0.15) is 45.1 Å². The zero-order valence-corrected chi connectivity index (χ0v) is 15.1. The summed E-state index contributed by atoms with van der Waals surface area (Å²) in [5.74, 6) is 0.295. The number of hydrogen-bond donors (Lipinski definition) is 1. The number of carbonyl (C=O) groups is 2. The quantitative estimate of drug-likeness (QED) is 0.626. The Morgan fingerprint density at radius 3 is 2.64 bits per heavy atom. The monoisotopic (exact) mass is 341 g/mol. The third-order valence-electron chi connectivity index (χ3n) is 5.80. The number of hydrogen-bond acceptors (Lipinski definition) is 3. The van der Waals surface area contributed by atoms with Crippen LogP contribution in [0.15, 0.2) is 36.4 Å². The van der Waals surface area contributed by atoms with Crippen LogP contribution < -0.4 is 5.32 Å². The number of amides is 1. The first-order valence-electron chi connectivity index (χ1n) is 9.22.